The summed E-state index contributed by atoms with van der Waals surface area (Å²) in [6, 6.07) is 13.7. The molecule has 2 heterocycles. The quantitative estimate of drug-likeness (QED) is 0.690. The van der Waals surface area contributed by atoms with Crippen molar-refractivity contribution in [1.82, 2.24) is 4.98 Å². The van der Waals surface area contributed by atoms with Gasteiger partial charge >= 0.3 is 0 Å². The van der Waals surface area contributed by atoms with E-state index in [1.807, 2.05) is 30.3 Å². The van der Waals surface area contributed by atoms with Crippen LogP contribution in [0, 0.1) is 11.3 Å². The Balaban J connectivity index is 1.95. The van der Waals surface area contributed by atoms with Crippen molar-refractivity contribution in [1.29, 1.82) is 5.26 Å². The second kappa shape index (κ2) is 4.73. The smallest absolute Gasteiger partial charge is 0.134 e. The van der Waals surface area contributed by atoms with Crippen LogP contribution in [-0.2, 0) is 0 Å². The van der Waals surface area contributed by atoms with Gasteiger partial charge < -0.3 is 0 Å². The zero-order valence-corrected chi connectivity index (χ0v) is 11.0. The van der Waals surface area contributed by atoms with Crippen molar-refractivity contribution in [3.8, 4) is 27.2 Å². The molecule has 18 heavy (non-hydrogen) atoms. The van der Waals surface area contributed by atoms with Crippen LogP contribution in [0.5, 0.6) is 0 Å². The summed E-state index contributed by atoms with van der Waals surface area (Å²) in [5.41, 5.74) is 2.69. The fourth-order valence-electron chi connectivity index (χ4n) is 1.64. The third kappa shape index (κ3) is 2.06. The van der Waals surface area contributed by atoms with E-state index in [0.717, 1.165) is 16.3 Å². The van der Waals surface area contributed by atoms with Crippen LogP contribution in [0.4, 0.5) is 0 Å². The van der Waals surface area contributed by atoms with Crippen LogP contribution >= 0.6 is 22.7 Å². The second-order valence-corrected chi connectivity index (χ2v) is 5.51. The van der Waals surface area contributed by atoms with Gasteiger partial charge in [0.1, 0.15) is 5.01 Å². The first-order valence-electron chi connectivity index (χ1n) is 5.37. The predicted molar refractivity (Wildman–Crippen MR) is 75.6 cm³/mol. The summed E-state index contributed by atoms with van der Waals surface area (Å²) in [4.78, 5) is 5.82. The lowest BCUT2D eigenvalue weighted by atomic mass is 10.1. The number of hydrogen-bond donors (Lipinski definition) is 0. The number of nitrogens with zero attached hydrogens (tertiary/aromatic N) is 2. The minimum atomic E-state index is 0.674. The van der Waals surface area contributed by atoms with Gasteiger partial charge in [-0.3, -0.25) is 0 Å². The van der Waals surface area contributed by atoms with E-state index in [4.69, 9.17) is 5.26 Å². The lowest BCUT2D eigenvalue weighted by Crippen LogP contribution is -1.79. The maximum Gasteiger partial charge on any atom is 0.134 e. The van der Waals surface area contributed by atoms with Gasteiger partial charge in [0.2, 0.25) is 0 Å². The van der Waals surface area contributed by atoms with Crippen LogP contribution in [0.2, 0.25) is 0 Å². The van der Waals surface area contributed by atoms with Crippen molar-refractivity contribution in [2.24, 2.45) is 0 Å². The van der Waals surface area contributed by atoms with Crippen LogP contribution < -0.4 is 0 Å². The van der Waals surface area contributed by atoms with E-state index in [2.05, 4.69) is 27.9 Å². The van der Waals surface area contributed by atoms with Gasteiger partial charge in [0.05, 0.1) is 22.2 Å². The van der Waals surface area contributed by atoms with Gasteiger partial charge in [-0.1, -0.05) is 18.2 Å². The third-order valence-electron chi connectivity index (χ3n) is 2.55. The Kier molecular flexibility index (Phi) is 2.93. The topological polar surface area (TPSA) is 36.7 Å². The molecule has 0 aliphatic rings. The highest BCUT2D eigenvalue weighted by atomic mass is 32.1. The van der Waals surface area contributed by atoms with E-state index in [-0.39, 0.29) is 0 Å². The van der Waals surface area contributed by atoms with Crippen molar-refractivity contribution >= 4 is 22.7 Å². The molecule has 0 aliphatic carbocycles. The molecule has 3 rings (SSSR count). The van der Waals surface area contributed by atoms with E-state index >= 15 is 0 Å². The minimum Gasteiger partial charge on any atom is -0.235 e. The van der Waals surface area contributed by atoms with E-state index in [1.54, 1.807) is 22.7 Å². The number of thiazole rings is 1. The Morgan fingerprint density at radius 3 is 2.56 bits per heavy atom. The number of hydrogen-bond acceptors (Lipinski definition) is 4. The number of rotatable bonds is 2. The van der Waals surface area contributed by atoms with Crippen molar-refractivity contribution in [3.05, 3.63) is 52.7 Å². The zero-order valence-electron chi connectivity index (χ0n) is 9.33. The van der Waals surface area contributed by atoms with Crippen molar-refractivity contribution in [2.75, 3.05) is 0 Å². The molecule has 0 aliphatic heterocycles. The lowest BCUT2D eigenvalue weighted by Gasteiger charge is -1.95. The van der Waals surface area contributed by atoms with Crippen molar-refractivity contribution in [3.63, 3.8) is 0 Å². The first kappa shape index (κ1) is 11.1. The number of aromatic nitrogens is 1. The Morgan fingerprint density at radius 2 is 1.89 bits per heavy atom. The molecule has 0 saturated carbocycles. The van der Waals surface area contributed by atoms with E-state index < -0.39 is 0 Å². The molecule has 0 bridgehead atoms. The summed E-state index contributed by atoms with van der Waals surface area (Å²) in [5.74, 6) is 0. The fourth-order valence-corrected chi connectivity index (χ4v) is 3.28. The Hall–Kier alpha value is -1.96. The van der Waals surface area contributed by atoms with E-state index in [0.29, 0.717) is 5.56 Å². The molecule has 1 aromatic carbocycles. The molecular formula is C14H8N2S2. The Labute approximate surface area is 113 Å². The van der Waals surface area contributed by atoms with Crippen molar-refractivity contribution < 1.29 is 0 Å². The normalized spacial score (nSPS) is 10.2. The first-order chi connectivity index (χ1) is 8.86. The average molecular weight is 268 g/mol. The molecule has 0 radical (unpaired) electrons. The monoisotopic (exact) mass is 268 g/mol. The van der Waals surface area contributed by atoms with Gasteiger partial charge in [0.15, 0.2) is 0 Å². The largest absolute Gasteiger partial charge is 0.235 e. The average Bonchev–Trinajstić information content (AvgIpc) is 3.09. The Morgan fingerprint density at radius 1 is 1.06 bits per heavy atom. The van der Waals surface area contributed by atoms with Crippen LogP contribution in [0.1, 0.15) is 5.56 Å². The summed E-state index contributed by atoms with van der Waals surface area (Å²) in [6.45, 7) is 0. The highest BCUT2D eigenvalue weighted by Gasteiger charge is 2.07. The highest BCUT2D eigenvalue weighted by molar-refractivity contribution is 7.20. The van der Waals surface area contributed by atoms with Gasteiger partial charge in [0.25, 0.3) is 0 Å². The van der Waals surface area contributed by atoms with Crippen LogP contribution in [0.15, 0.2) is 47.2 Å². The number of benzene rings is 1. The lowest BCUT2D eigenvalue weighted by molar-refractivity contribution is 1.41. The molecule has 4 heteroatoms. The summed E-state index contributed by atoms with van der Waals surface area (Å²) in [7, 11) is 0. The maximum absolute atomic E-state index is 8.77. The molecule has 2 aromatic heterocycles. The molecule has 86 valence electrons. The second-order valence-electron chi connectivity index (χ2n) is 3.70. The maximum atomic E-state index is 8.77. The first-order valence-corrected chi connectivity index (χ1v) is 7.13. The van der Waals surface area contributed by atoms with Gasteiger partial charge in [-0.25, -0.2) is 4.98 Å². The molecule has 0 N–H and O–H groups in total. The molecule has 0 amide bonds. The summed E-state index contributed by atoms with van der Waals surface area (Å²) in [5, 5.41) is 13.9. The van der Waals surface area contributed by atoms with Gasteiger partial charge in [-0.15, -0.1) is 22.7 Å². The SMILES string of the molecule is N#Cc1ccc(-c2csc(-c3cccs3)n2)cc1. The minimum absolute atomic E-state index is 0.674. The standard InChI is InChI=1S/C14H8N2S2/c15-8-10-3-5-11(6-4-10)12-9-18-14(16-12)13-2-1-7-17-13/h1-7,9H. The summed E-state index contributed by atoms with van der Waals surface area (Å²) < 4.78 is 0. The van der Waals surface area contributed by atoms with E-state index in [9.17, 15) is 0 Å². The molecule has 0 unspecified atom stereocenters. The zero-order chi connectivity index (χ0) is 12.4. The molecule has 0 spiro atoms. The summed E-state index contributed by atoms with van der Waals surface area (Å²) >= 11 is 3.34. The molecule has 3 aromatic rings. The van der Waals surface area contributed by atoms with Crippen LogP contribution in [0.3, 0.4) is 0 Å². The van der Waals surface area contributed by atoms with Gasteiger partial charge in [-0.2, -0.15) is 5.26 Å². The Bertz CT molecular complexity index is 688. The molecule has 0 fully saturated rings. The molecule has 2 nitrogen and oxygen atoms in total. The molecule has 0 saturated heterocycles. The highest BCUT2D eigenvalue weighted by Crippen LogP contribution is 2.31. The number of thiophene rings is 1. The predicted octanol–water partition coefficient (Wildman–Crippen LogP) is 4.41. The van der Waals surface area contributed by atoms with Crippen LogP contribution in [-0.4, -0.2) is 4.98 Å². The summed E-state index contributed by atoms with van der Waals surface area (Å²) in [6.07, 6.45) is 0. The van der Waals surface area contributed by atoms with Crippen molar-refractivity contribution in [2.45, 2.75) is 0 Å². The fraction of sp³-hybridized carbons (Fsp3) is 0. The van der Waals surface area contributed by atoms with Gasteiger partial charge in [0, 0.05) is 10.9 Å². The van der Waals surface area contributed by atoms with E-state index in [1.165, 1.54) is 4.88 Å². The third-order valence-corrected chi connectivity index (χ3v) is 4.43. The van der Waals surface area contributed by atoms with Gasteiger partial charge in [-0.05, 0) is 23.6 Å². The number of nitriles is 1. The molecular weight excluding hydrogens is 260 g/mol. The molecule has 0 atom stereocenters. The van der Waals surface area contributed by atoms with Crippen LogP contribution in [0.25, 0.3) is 21.1 Å².